The van der Waals surface area contributed by atoms with E-state index in [-0.39, 0.29) is 12.5 Å². The Bertz CT molecular complexity index is 687. The summed E-state index contributed by atoms with van der Waals surface area (Å²) in [5, 5.41) is 1.45. The monoisotopic (exact) mass is 347 g/mol. The van der Waals surface area contributed by atoms with Crippen molar-refractivity contribution in [3.05, 3.63) is 27.8 Å². The highest BCUT2D eigenvalue weighted by Gasteiger charge is 2.28. The number of carbonyl (C=O) groups excluding carboxylic acids is 1. The Kier molecular flexibility index (Phi) is 2.84. The van der Waals surface area contributed by atoms with Gasteiger partial charge < -0.3 is 4.98 Å². The molecule has 0 aliphatic carbocycles. The van der Waals surface area contributed by atoms with Crippen LogP contribution in [0.1, 0.15) is 0 Å². The molecular weight excluding hydrogens is 342 g/mol. The average Bonchev–Trinajstić information content (AvgIpc) is 2.83. The minimum atomic E-state index is -1.52. The summed E-state index contributed by atoms with van der Waals surface area (Å²) in [6, 6.07) is 3.61. The van der Waals surface area contributed by atoms with Crippen LogP contribution in [0.2, 0.25) is 5.02 Å². The molecule has 0 saturated carbocycles. The SMILES string of the molecule is O=C1CN(c2c[nH]c3cc(Cl)c(Br)cc23)S(=O)N1. The summed E-state index contributed by atoms with van der Waals surface area (Å²) in [5.74, 6) is -0.254. The highest BCUT2D eigenvalue weighted by Crippen LogP contribution is 2.34. The van der Waals surface area contributed by atoms with Crippen LogP contribution >= 0.6 is 27.5 Å². The molecule has 1 fully saturated rings. The first-order chi connectivity index (χ1) is 8.56. The maximum absolute atomic E-state index is 11.7. The van der Waals surface area contributed by atoms with Gasteiger partial charge in [0.1, 0.15) is 6.54 Å². The maximum Gasteiger partial charge on any atom is 0.253 e. The van der Waals surface area contributed by atoms with Crippen molar-refractivity contribution in [2.75, 3.05) is 10.8 Å². The van der Waals surface area contributed by atoms with Gasteiger partial charge in [-0.15, -0.1) is 0 Å². The number of halogens is 2. The highest BCUT2D eigenvalue weighted by molar-refractivity contribution is 9.10. The minimum absolute atomic E-state index is 0.0831. The molecule has 2 heterocycles. The summed E-state index contributed by atoms with van der Waals surface area (Å²) in [5.41, 5.74) is 1.54. The molecule has 1 aromatic heterocycles. The first-order valence-corrected chi connectivity index (χ1v) is 7.29. The molecule has 1 atom stereocenters. The third-order valence-electron chi connectivity index (χ3n) is 2.66. The predicted molar refractivity (Wildman–Crippen MR) is 74.6 cm³/mol. The fraction of sp³-hybridized carbons (Fsp3) is 0.100. The lowest BCUT2D eigenvalue weighted by Crippen LogP contribution is -2.22. The van der Waals surface area contributed by atoms with Crippen LogP contribution in [0.25, 0.3) is 10.9 Å². The summed E-state index contributed by atoms with van der Waals surface area (Å²) in [6.45, 7) is 0.0831. The Morgan fingerprint density at radius 2 is 2.22 bits per heavy atom. The zero-order valence-corrected chi connectivity index (χ0v) is 12.0. The molecule has 1 aliphatic heterocycles. The summed E-state index contributed by atoms with van der Waals surface area (Å²) >= 11 is 7.83. The first kappa shape index (κ1) is 12.0. The largest absolute Gasteiger partial charge is 0.359 e. The molecule has 0 radical (unpaired) electrons. The number of aromatic amines is 1. The van der Waals surface area contributed by atoms with Crippen molar-refractivity contribution in [3.8, 4) is 0 Å². The average molecular weight is 349 g/mol. The predicted octanol–water partition coefficient (Wildman–Crippen LogP) is 2.10. The Balaban J connectivity index is 2.16. The third kappa shape index (κ3) is 1.82. The second-order valence-electron chi connectivity index (χ2n) is 3.80. The van der Waals surface area contributed by atoms with E-state index in [1.54, 1.807) is 12.3 Å². The molecule has 5 nitrogen and oxygen atoms in total. The molecule has 0 bridgehead atoms. The number of H-pyrrole nitrogens is 1. The van der Waals surface area contributed by atoms with Crippen LogP contribution in [-0.4, -0.2) is 21.6 Å². The first-order valence-electron chi connectivity index (χ1n) is 5.01. The normalized spacial score (nSPS) is 19.6. The summed E-state index contributed by atoms with van der Waals surface area (Å²) in [7, 11) is 0. The van der Waals surface area contributed by atoms with Crippen molar-refractivity contribution >= 4 is 61.2 Å². The fourth-order valence-corrected chi connectivity index (χ4v) is 3.30. The van der Waals surface area contributed by atoms with E-state index in [0.717, 1.165) is 15.4 Å². The van der Waals surface area contributed by atoms with Crippen molar-refractivity contribution in [3.63, 3.8) is 0 Å². The van der Waals surface area contributed by atoms with E-state index in [0.29, 0.717) is 10.7 Å². The number of aromatic nitrogens is 1. The van der Waals surface area contributed by atoms with Crippen LogP contribution in [0, 0.1) is 0 Å². The molecule has 8 heteroatoms. The molecule has 1 unspecified atom stereocenters. The number of hydrogen-bond donors (Lipinski definition) is 2. The van der Waals surface area contributed by atoms with E-state index in [4.69, 9.17) is 11.6 Å². The minimum Gasteiger partial charge on any atom is -0.359 e. The lowest BCUT2D eigenvalue weighted by atomic mass is 10.2. The van der Waals surface area contributed by atoms with Crippen LogP contribution in [0.3, 0.4) is 0 Å². The van der Waals surface area contributed by atoms with Gasteiger partial charge in [-0.3, -0.25) is 13.8 Å². The Hall–Kier alpha value is -1.05. The molecule has 1 amide bonds. The van der Waals surface area contributed by atoms with Crippen LogP contribution in [-0.2, 0) is 16.0 Å². The zero-order chi connectivity index (χ0) is 12.9. The van der Waals surface area contributed by atoms with Gasteiger partial charge in [-0.1, -0.05) is 11.6 Å². The van der Waals surface area contributed by atoms with Gasteiger partial charge >= 0.3 is 0 Å². The number of nitrogens with one attached hydrogen (secondary N) is 2. The maximum atomic E-state index is 11.7. The Morgan fingerprint density at radius 3 is 2.89 bits per heavy atom. The van der Waals surface area contributed by atoms with Crippen molar-refractivity contribution in [2.24, 2.45) is 0 Å². The summed E-state index contributed by atoms with van der Waals surface area (Å²) in [6.07, 6.45) is 1.71. The standard InChI is InChI=1S/C10H7BrClN3O2S/c11-6-1-5-8(2-7(6)12)13-3-9(5)15-4-10(16)14-18(15)17/h1-3,13H,4H2,(H,14,16). The van der Waals surface area contributed by atoms with Gasteiger partial charge in [0.25, 0.3) is 5.91 Å². The van der Waals surface area contributed by atoms with Gasteiger partial charge in [0.15, 0.2) is 0 Å². The van der Waals surface area contributed by atoms with Gasteiger partial charge in [-0.05, 0) is 28.1 Å². The number of nitrogens with zero attached hydrogens (tertiary/aromatic N) is 1. The number of fused-ring (bicyclic) bond motifs is 1. The Labute approximate surface area is 118 Å². The molecular formula is C10H7BrClN3O2S. The van der Waals surface area contributed by atoms with E-state index in [9.17, 15) is 9.00 Å². The van der Waals surface area contributed by atoms with E-state index >= 15 is 0 Å². The van der Waals surface area contributed by atoms with E-state index < -0.39 is 11.2 Å². The molecule has 2 N–H and O–H groups in total. The molecule has 18 heavy (non-hydrogen) atoms. The van der Waals surface area contributed by atoms with Gasteiger partial charge in [0.2, 0.25) is 11.2 Å². The van der Waals surface area contributed by atoms with E-state index in [2.05, 4.69) is 25.6 Å². The lowest BCUT2D eigenvalue weighted by Gasteiger charge is -2.11. The van der Waals surface area contributed by atoms with E-state index in [1.807, 2.05) is 6.07 Å². The van der Waals surface area contributed by atoms with Crippen molar-refractivity contribution < 1.29 is 9.00 Å². The summed E-state index contributed by atoms with van der Waals surface area (Å²) in [4.78, 5) is 14.3. The number of rotatable bonds is 1. The topological polar surface area (TPSA) is 65.2 Å². The van der Waals surface area contributed by atoms with Crippen molar-refractivity contribution in [1.29, 1.82) is 0 Å². The molecule has 3 rings (SSSR count). The van der Waals surface area contributed by atoms with Crippen molar-refractivity contribution in [2.45, 2.75) is 0 Å². The van der Waals surface area contributed by atoms with Crippen LogP contribution in [0.4, 0.5) is 5.69 Å². The number of carbonyl (C=O) groups is 1. The zero-order valence-electron chi connectivity index (χ0n) is 8.87. The van der Waals surface area contributed by atoms with Gasteiger partial charge in [-0.25, -0.2) is 4.21 Å². The fourth-order valence-electron chi connectivity index (χ4n) is 1.86. The van der Waals surface area contributed by atoms with Crippen molar-refractivity contribution in [1.82, 2.24) is 9.71 Å². The van der Waals surface area contributed by atoms with E-state index in [1.165, 1.54) is 4.31 Å². The summed E-state index contributed by atoms with van der Waals surface area (Å²) < 4.78 is 16.3. The molecule has 94 valence electrons. The second kappa shape index (κ2) is 4.25. The quantitative estimate of drug-likeness (QED) is 0.829. The van der Waals surface area contributed by atoms with Crippen LogP contribution in [0.5, 0.6) is 0 Å². The number of benzene rings is 1. The Morgan fingerprint density at radius 1 is 1.44 bits per heavy atom. The molecule has 1 saturated heterocycles. The van der Waals surface area contributed by atoms with Crippen LogP contribution in [0.15, 0.2) is 22.8 Å². The number of anilines is 1. The number of amides is 1. The highest BCUT2D eigenvalue weighted by atomic mass is 79.9. The van der Waals surface area contributed by atoms with Gasteiger partial charge in [0.05, 0.1) is 10.7 Å². The lowest BCUT2D eigenvalue weighted by molar-refractivity contribution is -0.117. The molecule has 0 spiro atoms. The molecule has 1 aromatic carbocycles. The van der Waals surface area contributed by atoms with Gasteiger partial charge in [-0.2, -0.15) is 0 Å². The molecule has 2 aromatic rings. The van der Waals surface area contributed by atoms with Crippen LogP contribution < -0.4 is 9.03 Å². The smallest absolute Gasteiger partial charge is 0.253 e. The molecule has 1 aliphatic rings. The van der Waals surface area contributed by atoms with Gasteiger partial charge in [0, 0.05) is 21.6 Å². The third-order valence-corrected chi connectivity index (χ3v) is 4.98. The number of hydrogen-bond acceptors (Lipinski definition) is 2. The second-order valence-corrected chi connectivity index (χ2v) is 6.20.